The molecule has 2 aliphatic heterocycles. The summed E-state index contributed by atoms with van der Waals surface area (Å²) in [5, 5.41) is 14.0. The van der Waals surface area contributed by atoms with Crippen molar-refractivity contribution in [3.05, 3.63) is 46.9 Å². The summed E-state index contributed by atoms with van der Waals surface area (Å²) < 4.78 is 18.5. The minimum absolute atomic E-state index is 0.0465. The number of allylic oxidation sites excluding steroid dienone is 2. The van der Waals surface area contributed by atoms with E-state index in [4.69, 9.17) is 4.74 Å². The number of fused-ring (bicyclic) bond motifs is 1. The van der Waals surface area contributed by atoms with Gasteiger partial charge in [-0.15, -0.1) is 0 Å². The number of rotatable bonds is 1. The molecule has 0 amide bonds. The Morgan fingerprint density at radius 2 is 1.88 bits per heavy atom. The normalized spacial score (nSPS) is 33.4. The molecule has 0 saturated carbocycles. The van der Waals surface area contributed by atoms with Gasteiger partial charge in [-0.2, -0.15) is 0 Å². The molecule has 1 aromatic carbocycles. The lowest BCUT2D eigenvalue weighted by Crippen LogP contribution is -2.58. The molecule has 1 fully saturated rings. The topological polar surface area (TPSA) is 75.6 Å². The summed E-state index contributed by atoms with van der Waals surface area (Å²) >= 11 is 0. The van der Waals surface area contributed by atoms with Crippen molar-refractivity contribution in [2.75, 3.05) is 6.61 Å². The van der Waals surface area contributed by atoms with Crippen molar-refractivity contribution in [3.63, 3.8) is 0 Å². The van der Waals surface area contributed by atoms with Gasteiger partial charge in [-0.1, -0.05) is 26.0 Å². The van der Waals surface area contributed by atoms with Gasteiger partial charge >= 0.3 is 5.97 Å². The number of hydrogen-bond acceptors (Lipinski definition) is 5. The lowest BCUT2D eigenvalue weighted by molar-refractivity contribution is -0.142. The lowest BCUT2D eigenvalue weighted by Gasteiger charge is -2.45. The van der Waals surface area contributed by atoms with Gasteiger partial charge in [-0.3, -0.25) is 9.59 Å². The summed E-state index contributed by atoms with van der Waals surface area (Å²) in [5.41, 5.74) is 0.0174. The summed E-state index contributed by atoms with van der Waals surface area (Å²) in [6, 6.07) is 5.73. The molecule has 2 heterocycles. The fourth-order valence-corrected chi connectivity index (χ4v) is 4.35. The minimum atomic E-state index is -1.55. The first-order valence-electron chi connectivity index (χ1n) is 8.39. The zero-order chi connectivity index (χ0) is 18.0. The molecule has 2 N–H and O–H groups in total. The van der Waals surface area contributed by atoms with Gasteiger partial charge in [0.1, 0.15) is 18.3 Å². The molecule has 3 unspecified atom stereocenters. The van der Waals surface area contributed by atoms with Crippen LogP contribution in [0.15, 0.2) is 35.5 Å². The smallest absolute Gasteiger partial charge is 0.315 e. The molecule has 0 radical (unpaired) electrons. The van der Waals surface area contributed by atoms with Crippen molar-refractivity contribution in [3.8, 4) is 0 Å². The number of aliphatic hydroxyl groups is 1. The maximum atomic E-state index is 13.4. The van der Waals surface area contributed by atoms with Crippen LogP contribution in [0.4, 0.5) is 4.39 Å². The van der Waals surface area contributed by atoms with Crippen molar-refractivity contribution in [2.24, 2.45) is 11.3 Å². The second kappa shape index (κ2) is 5.14. The molecule has 132 valence electrons. The van der Waals surface area contributed by atoms with Crippen molar-refractivity contribution < 1.29 is 23.8 Å². The molecule has 4 rings (SSSR count). The van der Waals surface area contributed by atoms with E-state index in [1.54, 1.807) is 12.1 Å². The van der Waals surface area contributed by atoms with Crippen LogP contribution >= 0.6 is 0 Å². The third kappa shape index (κ3) is 2.47. The van der Waals surface area contributed by atoms with Crippen molar-refractivity contribution in [1.82, 2.24) is 5.32 Å². The molecule has 3 aliphatic rings. The number of benzene rings is 1. The minimum Gasteiger partial charge on any atom is -0.460 e. The molecule has 0 bridgehead atoms. The average Bonchev–Trinajstić information content (AvgIpc) is 2.80. The Labute approximate surface area is 144 Å². The highest BCUT2D eigenvalue weighted by molar-refractivity contribution is 6.00. The summed E-state index contributed by atoms with van der Waals surface area (Å²) in [5.74, 6) is -2.56. The molecule has 1 aromatic rings. The fraction of sp³-hybridized carbons (Fsp3) is 0.474. The highest BCUT2D eigenvalue weighted by atomic mass is 19.1. The zero-order valence-electron chi connectivity index (χ0n) is 14.1. The van der Waals surface area contributed by atoms with E-state index in [0.29, 0.717) is 29.7 Å². The maximum absolute atomic E-state index is 13.4. The average molecular weight is 345 g/mol. The quantitative estimate of drug-likeness (QED) is 0.762. The molecule has 1 saturated heterocycles. The number of hydrogen-bond donors (Lipinski definition) is 2. The van der Waals surface area contributed by atoms with E-state index in [1.165, 1.54) is 12.1 Å². The first-order chi connectivity index (χ1) is 11.7. The van der Waals surface area contributed by atoms with Crippen LogP contribution in [0.3, 0.4) is 0 Å². The van der Waals surface area contributed by atoms with E-state index < -0.39 is 29.3 Å². The van der Waals surface area contributed by atoms with Gasteiger partial charge in [-0.05, 0) is 29.5 Å². The van der Waals surface area contributed by atoms with Gasteiger partial charge in [-0.25, -0.2) is 4.39 Å². The van der Waals surface area contributed by atoms with Crippen molar-refractivity contribution in [1.29, 1.82) is 0 Å². The van der Waals surface area contributed by atoms with E-state index in [0.717, 1.165) is 0 Å². The number of nitrogens with one attached hydrogen (secondary N) is 1. The lowest BCUT2D eigenvalue weighted by atomic mass is 9.65. The summed E-state index contributed by atoms with van der Waals surface area (Å²) in [4.78, 5) is 25.2. The molecule has 6 heteroatoms. The standard InChI is InChI=1S/C19H20FNO4/c1-18(2)7-12-15(13(22)8-18)14(10-3-5-11(20)6-4-10)16-17(23)25-9-19(16,24)21-12/h3-6,14,16,21,24H,7-9H2,1-2H3. The number of carbonyl (C=O) groups excluding carboxylic acids is 2. The summed E-state index contributed by atoms with van der Waals surface area (Å²) in [6.45, 7) is 3.82. The van der Waals surface area contributed by atoms with Crippen molar-refractivity contribution >= 4 is 11.8 Å². The first-order valence-corrected chi connectivity index (χ1v) is 8.39. The molecular weight excluding hydrogens is 325 g/mol. The Morgan fingerprint density at radius 1 is 1.20 bits per heavy atom. The number of halogens is 1. The Bertz CT molecular complexity index is 798. The van der Waals surface area contributed by atoms with Gasteiger partial charge in [0.05, 0.1) is 0 Å². The number of ether oxygens (including phenoxy) is 1. The molecule has 0 aromatic heterocycles. The van der Waals surface area contributed by atoms with Crippen LogP contribution in [0.5, 0.6) is 0 Å². The Kier molecular flexibility index (Phi) is 3.35. The molecule has 1 aliphatic carbocycles. The maximum Gasteiger partial charge on any atom is 0.315 e. The highest BCUT2D eigenvalue weighted by Gasteiger charge is 2.59. The van der Waals surface area contributed by atoms with E-state index >= 15 is 0 Å². The second-order valence-electron chi connectivity index (χ2n) is 8.00. The van der Waals surface area contributed by atoms with Gasteiger partial charge in [0.25, 0.3) is 0 Å². The van der Waals surface area contributed by atoms with E-state index in [9.17, 15) is 19.1 Å². The molecule has 0 spiro atoms. The van der Waals surface area contributed by atoms with Crippen LogP contribution in [0.25, 0.3) is 0 Å². The first kappa shape index (κ1) is 16.3. The summed E-state index contributed by atoms with van der Waals surface area (Å²) in [6.07, 6.45) is 0.959. The molecule has 3 atom stereocenters. The van der Waals surface area contributed by atoms with E-state index in [2.05, 4.69) is 5.32 Å². The number of ketones is 1. The number of esters is 1. The number of Topliss-reactive ketones (excluding diaryl/α,β-unsaturated/α-hetero) is 1. The molecule has 5 nitrogen and oxygen atoms in total. The monoisotopic (exact) mass is 345 g/mol. The predicted octanol–water partition coefficient (Wildman–Crippen LogP) is 2.02. The summed E-state index contributed by atoms with van der Waals surface area (Å²) in [7, 11) is 0. The third-order valence-corrected chi connectivity index (χ3v) is 5.36. The number of cyclic esters (lactones) is 1. The SMILES string of the molecule is CC1(C)CC(=O)C2=C(C1)NC1(O)COC(=O)C1C2c1ccc(F)cc1. The highest BCUT2D eigenvalue weighted by Crippen LogP contribution is 2.51. The largest absolute Gasteiger partial charge is 0.460 e. The van der Waals surface area contributed by atoms with Crippen LogP contribution in [0.2, 0.25) is 0 Å². The second-order valence-corrected chi connectivity index (χ2v) is 8.00. The van der Waals surface area contributed by atoms with Crippen LogP contribution in [0.1, 0.15) is 38.2 Å². The van der Waals surface area contributed by atoms with Gasteiger partial charge < -0.3 is 15.2 Å². The number of carbonyl (C=O) groups is 2. The molecule has 25 heavy (non-hydrogen) atoms. The predicted molar refractivity (Wildman–Crippen MR) is 86.7 cm³/mol. The van der Waals surface area contributed by atoms with Gasteiger partial charge in [0, 0.05) is 23.6 Å². The van der Waals surface area contributed by atoms with E-state index in [-0.39, 0.29) is 17.8 Å². The third-order valence-electron chi connectivity index (χ3n) is 5.36. The Hall–Kier alpha value is -2.21. The molecular formula is C19H20FNO4. The van der Waals surface area contributed by atoms with E-state index in [1.807, 2.05) is 13.8 Å². The van der Waals surface area contributed by atoms with Crippen LogP contribution < -0.4 is 5.32 Å². The fourth-order valence-electron chi connectivity index (χ4n) is 4.35. The Morgan fingerprint density at radius 3 is 2.56 bits per heavy atom. The van der Waals surface area contributed by atoms with Gasteiger partial charge in [0.2, 0.25) is 0 Å². The van der Waals surface area contributed by atoms with Crippen molar-refractivity contribution in [2.45, 2.75) is 38.3 Å². The van der Waals surface area contributed by atoms with Gasteiger partial charge in [0.15, 0.2) is 11.5 Å². The van der Waals surface area contributed by atoms with Crippen LogP contribution in [0, 0.1) is 17.2 Å². The zero-order valence-corrected chi connectivity index (χ0v) is 14.1. The van der Waals surface area contributed by atoms with Crippen LogP contribution in [-0.4, -0.2) is 29.2 Å². The van der Waals surface area contributed by atoms with Crippen LogP contribution in [-0.2, 0) is 14.3 Å². The Balaban J connectivity index is 1.91.